The lowest BCUT2D eigenvalue weighted by Crippen LogP contribution is -2.36. The second-order valence-corrected chi connectivity index (χ2v) is 5.82. The number of nitrogen functional groups attached to an aromatic ring is 1. The minimum atomic E-state index is -0.913. The van der Waals surface area contributed by atoms with Crippen LogP contribution in [0.2, 0.25) is 0 Å². The van der Waals surface area contributed by atoms with Crippen molar-refractivity contribution in [2.24, 2.45) is 0 Å². The van der Waals surface area contributed by atoms with Gasteiger partial charge in [0.05, 0.1) is 18.7 Å². The Labute approximate surface area is 116 Å². The zero-order valence-electron chi connectivity index (χ0n) is 11.2. The number of anilines is 1. The summed E-state index contributed by atoms with van der Waals surface area (Å²) in [6.07, 6.45) is 1.86. The lowest BCUT2D eigenvalue weighted by atomic mass is 10.3. The molecule has 5 nitrogen and oxygen atoms in total. The lowest BCUT2D eigenvalue weighted by molar-refractivity contribution is -0.122. The Bertz CT molecular complexity index is 451. The van der Waals surface area contributed by atoms with E-state index in [1.807, 2.05) is 19.1 Å². The van der Waals surface area contributed by atoms with Crippen LogP contribution in [0.1, 0.15) is 13.3 Å². The largest absolute Gasteiger partial charge is 0.491 e. The lowest BCUT2D eigenvalue weighted by Gasteiger charge is -2.13. The fourth-order valence-corrected chi connectivity index (χ4v) is 2.39. The summed E-state index contributed by atoms with van der Waals surface area (Å²) >= 11 is 0. The van der Waals surface area contributed by atoms with Crippen LogP contribution >= 0.6 is 0 Å². The van der Waals surface area contributed by atoms with Crippen LogP contribution in [0.25, 0.3) is 0 Å². The van der Waals surface area contributed by atoms with Crippen LogP contribution in [0.4, 0.5) is 5.69 Å². The summed E-state index contributed by atoms with van der Waals surface area (Å²) in [6.45, 7) is 2.09. The third-order valence-electron chi connectivity index (χ3n) is 2.40. The maximum Gasteiger partial charge on any atom is 0.223 e. The molecule has 0 aliphatic rings. The molecular weight excluding hydrogens is 264 g/mol. The van der Waals surface area contributed by atoms with Gasteiger partial charge in [-0.3, -0.25) is 9.00 Å². The first kappa shape index (κ1) is 15.5. The molecule has 6 heteroatoms. The van der Waals surface area contributed by atoms with E-state index in [4.69, 9.17) is 10.5 Å². The molecule has 19 heavy (non-hydrogen) atoms. The quantitative estimate of drug-likeness (QED) is 0.730. The molecule has 1 amide bonds. The standard InChI is InChI=1S/C13H20N2O3S/c1-10(9-19(2)17)15-13(16)7-8-18-12-6-4-3-5-11(12)14/h3-6,10H,7-9,14H2,1-2H3,(H,15,16). The number of nitrogens with two attached hydrogens (primary N) is 1. The number of para-hydroxylation sites is 2. The fourth-order valence-electron chi connectivity index (χ4n) is 1.61. The highest BCUT2D eigenvalue weighted by molar-refractivity contribution is 7.84. The Morgan fingerprint density at radius 2 is 2.16 bits per heavy atom. The summed E-state index contributed by atoms with van der Waals surface area (Å²) in [4.78, 5) is 11.6. The van der Waals surface area contributed by atoms with Crippen molar-refractivity contribution in [3.63, 3.8) is 0 Å². The van der Waals surface area contributed by atoms with Crippen LogP contribution in [0, 0.1) is 0 Å². The highest BCUT2D eigenvalue weighted by Gasteiger charge is 2.09. The van der Waals surface area contributed by atoms with E-state index in [1.165, 1.54) is 0 Å². The number of hydrogen-bond donors (Lipinski definition) is 2. The molecule has 0 spiro atoms. The molecule has 2 unspecified atom stereocenters. The molecule has 0 saturated heterocycles. The first-order valence-corrected chi connectivity index (χ1v) is 7.78. The first-order chi connectivity index (χ1) is 8.99. The SMILES string of the molecule is CC(CS(C)=O)NC(=O)CCOc1ccccc1N. The Hall–Kier alpha value is -1.56. The van der Waals surface area contributed by atoms with E-state index in [9.17, 15) is 9.00 Å². The molecule has 106 valence electrons. The number of amides is 1. The zero-order valence-corrected chi connectivity index (χ0v) is 12.0. The average molecular weight is 284 g/mol. The van der Waals surface area contributed by atoms with Crippen LogP contribution in [-0.4, -0.2) is 34.8 Å². The van der Waals surface area contributed by atoms with Crippen molar-refractivity contribution in [1.82, 2.24) is 5.32 Å². The monoisotopic (exact) mass is 284 g/mol. The van der Waals surface area contributed by atoms with Crippen LogP contribution in [0.5, 0.6) is 5.75 Å². The van der Waals surface area contributed by atoms with Crippen LogP contribution in [0.15, 0.2) is 24.3 Å². The van der Waals surface area contributed by atoms with E-state index in [0.717, 1.165) is 0 Å². The van der Waals surface area contributed by atoms with Gasteiger partial charge in [-0.1, -0.05) is 12.1 Å². The summed E-state index contributed by atoms with van der Waals surface area (Å²) in [7, 11) is -0.913. The van der Waals surface area contributed by atoms with Gasteiger partial charge in [0.1, 0.15) is 5.75 Å². The third-order valence-corrected chi connectivity index (χ3v) is 3.37. The van der Waals surface area contributed by atoms with Crippen molar-refractivity contribution >= 4 is 22.4 Å². The molecular formula is C13H20N2O3S. The van der Waals surface area contributed by atoms with Gasteiger partial charge in [-0.2, -0.15) is 0 Å². The minimum Gasteiger partial charge on any atom is -0.491 e. The number of hydrogen-bond acceptors (Lipinski definition) is 4. The molecule has 0 heterocycles. The molecule has 0 aliphatic carbocycles. The molecule has 0 saturated carbocycles. The van der Waals surface area contributed by atoms with Crippen molar-refractivity contribution in [3.8, 4) is 5.75 Å². The smallest absolute Gasteiger partial charge is 0.223 e. The molecule has 1 aromatic carbocycles. The predicted octanol–water partition coefficient (Wildman–Crippen LogP) is 0.921. The zero-order chi connectivity index (χ0) is 14.3. The molecule has 0 aliphatic heterocycles. The Balaban J connectivity index is 2.28. The van der Waals surface area contributed by atoms with Gasteiger partial charge in [0.15, 0.2) is 0 Å². The van der Waals surface area contributed by atoms with E-state index in [1.54, 1.807) is 18.4 Å². The maximum atomic E-state index is 11.6. The Morgan fingerprint density at radius 3 is 2.79 bits per heavy atom. The van der Waals surface area contributed by atoms with E-state index in [0.29, 0.717) is 17.2 Å². The van der Waals surface area contributed by atoms with Gasteiger partial charge in [-0.15, -0.1) is 0 Å². The molecule has 0 radical (unpaired) electrons. The topological polar surface area (TPSA) is 81.4 Å². The van der Waals surface area contributed by atoms with Crippen LogP contribution < -0.4 is 15.8 Å². The van der Waals surface area contributed by atoms with E-state index in [-0.39, 0.29) is 25.0 Å². The van der Waals surface area contributed by atoms with Crippen molar-refractivity contribution in [2.45, 2.75) is 19.4 Å². The van der Waals surface area contributed by atoms with E-state index >= 15 is 0 Å². The van der Waals surface area contributed by atoms with Gasteiger partial charge in [0.2, 0.25) is 5.91 Å². The number of carbonyl (C=O) groups is 1. The summed E-state index contributed by atoms with van der Waals surface area (Å²) in [5.74, 6) is 0.920. The maximum absolute atomic E-state index is 11.6. The van der Waals surface area contributed by atoms with Gasteiger partial charge in [-0.05, 0) is 19.1 Å². The van der Waals surface area contributed by atoms with Crippen molar-refractivity contribution < 1.29 is 13.7 Å². The normalized spacial score (nSPS) is 13.6. The van der Waals surface area contributed by atoms with Gasteiger partial charge < -0.3 is 15.8 Å². The summed E-state index contributed by atoms with van der Waals surface area (Å²) < 4.78 is 16.4. The highest BCUT2D eigenvalue weighted by Crippen LogP contribution is 2.19. The van der Waals surface area contributed by atoms with E-state index in [2.05, 4.69) is 5.32 Å². The number of benzene rings is 1. The second kappa shape index (κ2) is 7.78. The number of rotatable bonds is 7. The predicted molar refractivity (Wildman–Crippen MR) is 77.5 cm³/mol. The summed E-state index contributed by atoms with van der Waals surface area (Å²) in [5, 5.41) is 2.77. The number of carbonyl (C=O) groups excluding carboxylic acids is 1. The first-order valence-electron chi connectivity index (χ1n) is 6.05. The van der Waals surface area contributed by atoms with Gasteiger partial charge in [0, 0.05) is 28.9 Å². The van der Waals surface area contributed by atoms with E-state index < -0.39 is 10.8 Å². The van der Waals surface area contributed by atoms with Gasteiger partial charge >= 0.3 is 0 Å². The fraction of sp³-hybridized carbons (Fsp3) is 0.462. The van der Waals surface area contributed by atoms with Crippen molar-refractivity contribution in [2.75, 3.05) is 24.3 Å². The Morgan fingerprint density at radius 1 is 1.47 bits per heavy atom. The molecule has 0 fully saturated rings. The third kappa shape index (κ3) is 6.24. The average Bonchev–Trinajstić information content (AvgIpc) is 2.30. The summed E-state index contributed by atoms with van der Waals surface area (Å²) in [5.41, 5.74) is 6.27. The second-order valence-electron chi connectivity index (χ2n) is 4.34. The minimum absolute atomic E-state index is 0.0971. The summed E-state index contributed by atoms with van der Waals surface area (Å²) in [6, 6.07) is 7.05. The van der Waals surface area contributed by atoms with Gasteiger partial charge in [-0.25, -0.2) is 0 Å². The number of nitrogens with one attached hydrogen (secondary N) is 1. The van der Waals surface area contributed by atoms with Crippen molar-refractivity contribution in [3.05, 3.63) is 24.3 Å². The van der Waals surface area contributed by atoms with Crippen LogP contribution in [0.3, 0.4) is 0 Å². The molecule has 2 atom stereocenters. The molecule has 3 N–H and O–H groups in total. The van der Waals surface area contributed by atoms with Gasteiger partial charge in [0.25, 0.3) is 0 Å². The molecule has 1 rings (SSSR count). The Kier molecular flexibility index (Phi) is 6.35. The van der Waals surface area contributed by atoms with Crippen LogP contribution in [-0.2, 0) is 15.6 Å². The number of ether oxygens (including phenoxy) is 1. The molecule has 1 aromatic rings. The molecule has 0 bridgehead atoms. The molecule has 0 aromatic heterocycles. The highest BCUT2D eigenvalue weighted by atomic mass is 32.2. The van der Waals surface area contributed by atoms with Crippen molar-refractivity contribution in [1.29, 1.82) is 0 Å².